The summed E-state index contributed by atoms with van der Waals surface area (Å²) in [5, 5.41) is 0.904. The summed E-state index contributed by atoms with van der Waals surface area (Å²) in [4.78, 5) is 21.0. The van der Waals surface area contributed by atoms with Gasteiger partial charge in [0.15, 0.2) is 5.13 Å². The molecule has 1 unspecified atom stereocenters. The molecule has 1 aliphatic rings. The van der Waals surface area contributed by atoms with Crippen molar-refractivity contribution in [3.63, 3.8) is 0 Å². The number of hydrogen-bond acceptors (Lipinski definition) is 5. The van der Waals surface area contributed by atoms with Crippen LogP contribution in [0.2, 0.25) is 0 Å². The first kappa shape index (κ1) is 12.3. The average molecular weight is 254 g/mol. The van der Waals surface area contributed by atoms with E-state index in [1.165, 1.54) is 0 Å². The first-order valence-corrected chi connectivity index (χ1v) is 6.60. The number of thiazole rings is 1. The predicted molar refractivity (Wildman–Crippen MR) is 69.2 cm³/mol. The fourth-order valence-corrected chi connectivity index (χ4v) is 2.68. The number of rotatable bonds is 2. The second-order valence-corrected chi connectivity index (χ2v) is 5.46. The van der Waals surface area contributed by atoms with E-state index in [1.54, 1.807) is 16.2 Å². The lowest BCUT2D eigenvalue weighted by Gasteiger charge is -2.18. The van der Waals surface area contributed by atoms with Crippen molar-refractivity contribution in [2.24, 2.45) is 5.73 Å². The summed E-state index contributed by atoms with van der Waals surface area (Å²) in [6.45, 7) is 4.06. The number of carbonyl (C=O) groups excluding carboxylic acids is 1. The monoisotopic (exact) mass is 254 g/mol. The molecule has 0 saturated carbocycles. The Morgan fingerprint density at radius 3 is 2.94 bits per heavy atom. The minimum Gasteiger partial charge on any atom is -0.344 e. The van der Waals surface area contributed by atoms with Crippen molar-refractivity contribution >= 4 is 22.4 Å². The number of nitrogens with two attached hydrogens (primary N) is 1. The predicted octanol–water partition coefficient (Wildman–Crippen LogP) is 0.831. The fourth-order valence-electron chi connectivity index (χ4n) is 1.78. The highest BCUT2D eigenvalue weighted by Gasteiger charge is 2.21. The van der Waals surface area contributed by atoms with Crippen LogP contribution >= 0.6 is 11.3 Å². The topological polar surface area (TPSA) is 62.5 Å². The molecule has 1 aliphatic heterocycles. The Morgan fingerprint density at radius 1 is 1.53 bits per heavy atom. The molecule has 0 spiro atoms. The van der Waals surface area contributed by atoms with E-state index < -0.39 is 0 Å². The smallest absolute Gasteiger partial charge is 0.241 e. The summed E-state index contributed by atoms with van der Waals surface area (Å²) in [5.41, 5.74) is 5.81. The van der Waals surface area contributed by atoms with E-state index in [2.05, 4.69) is 4.98 Å². The molecule has 5 nitrogen and oxygen atoms in total. The van der Waals surface area contributed by atoms with Gasteiger partial charge in [-0.3, -0.25) is 4.79 Å². The fraction of sp³-hybridized carbons (Fsp3) is 0.636. The van der Waals surface area contributed by atoms with Gasteiger partial charge >= 0.3 is 0 Å². The van der Waals surface area contributed by atoms with Crippen LogP contribution in [-0.2, 0) is 4.79 Å². The minimum absolute atomic E-state index is 0.00611. The van der Waals surface area contributed by atoms with Crippen molar-refractivity contribution in [1.29, 1.82) is 0 Å². The molecule has 2 heterocycles. The molecule has 0 bridgehead atoms. The number of hydrogen-bond donors (Lipinski definition) is 1. The SMILES string of the molecule is CC(N)c1cnc(N2CCCN(C)C(=O)C2)s1. The van der Waals surface area contributed by atoms with Crippen molar-refractivity contribution in [2.75, 3.05) is 31.6 Å². The van der Waals surface area contributed by atoms with Gasteiger partial charge < -0.3 is 15.5 Å². The highest BCUT2D eigenvalue weighted by atomic mass is 32.1. The van der Waals surface area contributed by atoms with Crippen LogP contribution in [0.5, 0.6) is 0 Å². The quantitative estimate of drug-likeness (QED) is 0.849. The second kappa shape index (κ2) is 5.01. The van der Waals surface area contributed by atoms with Gasteiger partial charge in [-0.2, -0.15) is 0 Å². The maximum absolute atomic E-state index is 11.8. The van der Waals surface area contributed by atoms with Gasteiger partial charge in [-0.1, -0.05) is 0 Å². The Hall–Kier alpha value is -1.14. The van der Waals surface area contributed by atoms with Crippen molar-refractivity contribution in [3.05, 3.63) is 11.1 Å². The summed E-state index contributed by atoms with van der Waals surface area (Å²) in [5.74, 6) is 0.153. The summed E-state index contributed by atoms with van der Waals surface area (Å²) in [7, 11) is 1.85. The number of likely N-dealkylation sites (N-methyl/N-ethyl adjacent to an activating group) is 1. The van der Waals surface area contributed by atoms with Crippen LogP contribution in [0.3, 0.4) is 0 Å². The Balaban J connectivity index is 2.12. The van der Waals surface area contributed by atoms with E-state index in [-0.39, 0.29) is 11.9 Å². The van der Waals surface area contributed by atoms with E-state index in [0.29, 0.717) is 6.54 Å². The van der Waals surface area contributed by atoms with Crippen molar-refractivity contribution in [3.8, 4) is 0 Å². The lowest BCUT2D eigenvalue weighted by molar-refractivity contribution is -0.127. The second-order valence-electron chi connectivity index (χ2n) is 4.42. The molecule has 1 saturated heterocycles. The normalized spacial score (nSPS) is 19.4. The molecule has 6 heteroatoms. The lowest BCUT2D eigenvalue weighted by atomic mass is 10.3. The summed E-state index contributed by atoms with van der Waals surface area (Å²) in [6.07, 6.45) is 2.79. The molecule has 0 aliphatic carbocycles. The first-order chi connectivity index (χ1) is 8.08. The highest BCUT2D eigenvalue weighted by Crippen LogP contribution is 2.26. The van der Waals surface area contributed by atoms with Gasteiger partial charge in [-0.05, 0) is 13.3 Å². The molecule has 2 N–H and O–H groups in total. The van der Waals surface area contributed by atoms with Crippen LogP contribution in [0.4, 0.5) is 5.13 Å². The molecule has 0 radical (unpaired) electrons. The number of amides is 1. The largest absolute Gasteiger partial charge is 0.344 e. The molecule has 2 rings (SSSR count). The average Bonchev–Trinajstić information content (AvgIpc) is 2.70. The van der Waals surface area contributed by atoms with Gasteiger partial charge in [0.25, 0.3) is 0 Å². The van der Waals surface area contributed by atoms with Crippen LogP contribution in [0.15, 0.2) is 6.20 Å². The molecular weight excluding hydrogens is 236 g/mol. The van der Waals surface area contributed by atoms with Gasteiger partial charge in [-0.25, -0.2) is 4.98 Å². The molecule has 17 heavy (non-hydrogen) atoms. The van der Waals surface area contributed by atoms with Crippen LogP contribution in [-0.4, -0.2) is 42.5 Å². The van der Waals surface area contributed by atoms with E-state index >= 15 is 0 Å². The van der Waals surface area contributed by atoms with E-state index in [1.807, 2.05) is 25.1 Å². The Morgan fingerprint density at radius 2 is 2.29 bits per heavy atom. The Labute approximate surface area is 105 Å². The van der Waals surface area contributed by atoms with Gasteiger partial charge in [0.2, 0.25) is 5.91 Å². The van der Waals surface area contributed by atoms with Crippen molar-refractivity contribution < 1.29 is 4.79 Å². The number of aromatic nitrogens is 1. The number of anilines is 1. The maximum Gasteiger partial charge on any atom is 0.241 e. The highest BCUT2D eigenvalue weighted by molar-refractivity contribution is 7.15. The first-order valence-electron chi connectivity index (χ1n) is 5.78. The summed E-state index contributed by atoms with van der Waals surface area (Å²) >= 11 is 1.58. The molecule has 1 aromatic heterocycles. The van der Waals surface area contributed by atoms with Crippen LogP contribution in [0, 0.1) is 0 Å². The lowest BCUT2D eigenvalue weighted by Crippen LogP contribution is -2.34. The number of carbonyl (C=O) groups is 1. The zero-order valence-corrected chi connectivity index (χ0v) is 11.0. The van der Waals surface area contributed by atoms with E-state index in [9.17, 15) is 4.79 Å². The Kier molecular flexibility index (Phi) is 3.63. The zero-order valence-electron chi connectivity index (χ0n) is 10.2. The van der Waals surface area contributed by atoms with Gasteiger partial charge in [0.1, 0.15) is 0 Å². The minimum atomic E-state index is 0.00611. The molecule has 1 amide bonds. The molecule has 94 valence electrons. The van der Waals surface area contributed by atoms with E-state index in [4.69, 9.17) is 5.73 Å². The standard InChI is InChI=1S/C11H18N4OS/c1-8(12)9-6-13-11(17-9)15-5-3-4-14(2)10(16)7-15/h6,8H,3-5,7,12H2,1-2H3. The summed E-state index contributed by atoms with van der Waals surface area (Å²) in [6, 6.07) is 0.00611. The number of nitrogens with zero attached hydrogens (tertiary/aromatic N) is 3. The third kappa shape index (κ3) is 2.76. The Bertz CT molecular complexity index is 404. The molecule has 1 fully saturated rings. The van der Waals surface area contributed by atoms with Crippen molar-refractivity contribution in [2.45, 2.75) is 19.4 Å². The van der Waals surface area contributed by atoms with Crippen LogP contribution in [0.1, 0.15) is 24.3 Å². The molecule has 1 atom stereocenters. The molecular formula is C11H18N4OS. The van der Waals surface area contributed by atoms with E-state index in [0.717, 1.165) is 29.5 Å². The van der Waals surface area contributed by atoms with Gasteiger partial charge in [0.05, 0.1) is 6.54 Å². The van der Waals surface area contributed by atoms with Crippen LogP contribution in [0.25, 0.3) is 0 Å². The molecule has 0 aromatic carbocycles. The van der Waals surface area contributed by atoms with Crippen LogP contribution < -0.4 is 10.6 Å². The molecule has 1 aromatic rings. The third-order valence-corrected chi connectivity index (χ3v) is 4.16. The maximum atomic E-state index is 11.8. The third-order valence-electron chi connectivity index (χ3n) is 2.90. The van der Waals surface area contributed by atoms with Crippen molar-refractivity contribution in [1.82, 2.24) is 9.88 Å². The zero-order chi connectivity index (χ0) is 12.4. The summed E-state index contributed by atoms with van der Waals surface area (Å²) < 4.78 is 0. The van der Waals surface area contributed by atoms with Gasteiger partial charge in [0, 0.05) is 37.3 Å². The van der Waals surface area contributed by atoms with Gasteiger partial charge in [-0.15, -0.1) is 11.3 Å².